The molecule has 8 nitrogen and oxygen atoms in total. The molecule has 2 N–H and O–H groups in total. The molecule has 2 aliphatic heterocycles. The molecule has 2 fully saturated rings. The quantitative estimate of drug-likeness (QED) is 0.725. The lowest BCUT2D eigenvalue weighted by Crippen LogP contribution is -2.47. The molecule has 1 aromatic carbocycles. The number of piperidine rings is 1. The van der Waals surface area contributed by atoms with Crippen LogP contribution in [0.4, 0.5) is 9.18 Å². The number of amides is 5. The van der Waals surface area contributed by atoms with Crippen molar-refractivity contribution in [3.63, 3.8) is 0 Å². The number of urea groups is 1. The van der Waals surface area contributed by atoms with Crippen LogP contribution in [0.5, 0.6) is 0 Å². The van der Waals surface area contributed by atoms with Crippen molar-refractivity contribution in [2.45, 2.75) is 12.8 Å². The van der Waals surface area contributed by atoms with Crippen LogP contribution in [-0.4, -0.2) is 66.3 Å². The minimum absolute atomic E-state index is 0.0983. The topological polar surface area (TPSA) is 98.8 Å². The number of carbonyl (C=O) groups is 4. The van der Waals surface area contributed by atoms with Crippen molar-refractivity contribution in [1.29, 1.82) is 0 Å². The predicted octanol–water partition coefficient (Wildman–Crippen LogP) is 0.346. The molecule has 0 aromatic heterocycles. The third kappa shape index (κ3) is 4.81. The van der Waals surface area contributed by atoms with Crippen molar-refractivity contribution in [2.24, 2.45) is 5.92 Å². The van der Waals surface area contributed by atoms with Gasteiger partial charge in [-0.3, -0.25) is 19.7 Å². The average Bonchev–Trinajstić information content (AvgIpc) is 2.97. The number of likely N-dealkylation sites (tertiary alicyclic amines) is 1. The number of hydrogen-bond donors (Lipinski definition) is 2. The van der Waals surface area contributed by atoms with E-state index in [4.69, 9.17) is 0 Å². The van der Waals surface area contributed by atoms with Crippen LogP contribution in [0.25, 0.3) is 0 Å². The van der Waals surface area contributed by atoms with Gasteiger partial charge in [0.25, 0.3) is 5.91 Å². The molecule has 1 atom stereocenters. The van der Waals surface area contributed by atoms with Crippen molar-refractivity contribution in [3.8, 4) is 0 Å². The number of nitrogens with one attached hydrogen (secondary N) is 2. The van der Waals surface area contributed by atoms with E-state index in [1.807, 2.05) is 0 Å². The summed E-state index contributed by atoms with van der Waals surface area (Å²) >= 11 is 0. The highest BCUT2D eigenvalue weighted by molar-refractivity contribution is 6.03. The smallest absolute Gasteiger partial charge is 0.325 e. The number of carbonyl (C=O) groups excluding carboxylic acids is 4. The van der Waals surface area contributed by atoms with Crippen LogP contribution in [0.3, 0.4) is 0 Å². The highest BCUT2D eigenvalue weighted by Crippen LogP contribution is 2.17. The lowest BCUT2D eigenvalue weighted by Gasteiger charge is -2.33. The van der Waals surface area contributed by atoms with Crippen molar-refractivity contribution in [3.05, 3.63) is 35.6 Å². The second-order valence-corrected chi connectivity index (χ2v) is 6.77. The lowest BCUT2D eigenvalue weighted by atomic mass is 9.97. The summed E-state index contributed by atoms with van der Waals surface area (Å²) in [7, 11) is 0. The predicted molar refractivity (Wildman–Crippen MR) is 93.1 cm³/mol. The van der Waals surface area contributed by atoms with Gasteiger partial charge >= 0.3 is 6.03 Å². The molecular weight excluding hydrogens is 355 g/mol. The molecule has 0 aliphatic carbocycles. The van der Waals surface area contributed by atoms with Crippen molar-refractivity contribution in [1.82, 2.24) is 20.4 Å². The molecule has 9 heteroatoms. The molecular formula is C18H21FN4O4. The fraction of sp³-hybridized carbons (Fsp3) is 0.444. The summed E-state index contributed by atoms with van der Waals surface area (Å²) < 4.78 is 12.9. The van der Waals surface area contributed by atoms with Crippen LogP contribution in [0.1, 0.15) is 23.2 Å². The molecule has 2 aliphatic rings. The van der Waals surface area contributed by atoms with Crippen molar-refractivity contribution >= 4 is 23.8 Å². The van der Waals surface area contributed by atoms with Crippen LogP contribution >= 0.6 is 0 Å². The van der Waals surface area contributed by atoms with E-state index in [-0.39, 0.29) is 30.8 Å². The number of halogens is 1. The van der Waals surface area contributed by atoms with E-state index in [2.05, 4.69) is 10.6 Å². The van der Waals surface area contributed by atoms with Crippen molar-refractivity contribution < 1.29 is 23.6 Å². The van der Waals surface area contributed by atoms with E-state index in [0.717, 1.165) is 12.8 Å². The Morgan fingerprint density at radius 1 is 1.22 bits per heavy atom. The first-order valence-electron chi connectivity index (χ1n) is 8.82. The van der Waals surface area contributed by atoms with Gasteiger partial charge in [-0.1, -0.05) is 0 Å². The highest BCUT2D eigenvalue weighted by Gasteiger charge is 2.31. The van der Waals surface area contributed by atoms with Crippen LogP contribution in [0.2, 0.25) is 0 Å². The van der Waals surface area contributed by atoms with E-state index in [0.29, 0.717) is 25.2 Å². The van der Waals surface area contributed by atoms with Gasteiger partial charge in [0.1, 0.15) is 18.9 Å². The highest BCUT2D eigenvalue weighted by atomic mass is 19.1. The lowest BCUT2D eigenvalue weighted by molar-refractivity contribution is -0.133. The van der Waals surface area contributed by atoms with Crippen LogP contribution in [-0.2, 0) is 9.59 Å². The van der Waals surface area contributed by atoms with Gasteiger partial charge in [0.2, 0.25) is 11.8 Å². The minimum atomic E-state index is -0.548. The first kappa shape index (κ1) is 18.8. The SMILES string of the molecule is O=C1CN(CC(=O)N2CCC[C@@H](CNC(=O)c3ccc(F)cc3)C2)C(=O)N1. The summed E-state index contributed by atoms with van der Waals surface area (Å²) in [5, 5.41) is 4.96. The van der Waals surface area contributed by atoms with E-state index >= 15 is 0 Å². The molecule has 0 spiro atoms. The zero-order valence-corrected chi connectivity index (χ0v) is 14.7. The second kappa shape index (κ2) is 8.15. The van der Waals surface area contributed by atoms with Crippen molar-refractivity contribution in [2.75, 3.05) is 32.7 Å². The molecule has 0 bridgehead atoms. The van der Waals surface area contributed by atoms with E-state index < -0.39 is 17.8 Å². The molecule has 0 unspecified atom stereocenters. The molecule has 1 aromatic rings. The van der Waals surface area contributed by atoms with Gasteiger partial charge in [0.05, 0.1) is 0 Å². The maximum absolute atomic E-state index is 12.9. The summed E-state index contributed by atoms with van der Waals surface area (Å²) in [4.78, 5) is 50.1. The Balaban J connectivity index is 1.48. The fourth-order valence-corrected chi connectivity index (χ4v) is 3.27. The van der Waals surface area contributed by atoms with Gasteiger partial charge in [0, 0.05) is 25.2 Å². The fourth-order valence-electron chi connectivity index (χ4n) is 3.27. The zero-order valence-electron chi connectivity index (χ0n) is 14.7. The molecule has 2 heterocycles. The van der Waals surface area contributed by atoms with Gasteiger partial charge in [-0.25, -0.2) is 9.18 Å². The molecule has 0 radical (unpaired) electrons. The first-order chi connectivity index (χ1) is 12.9. The molecule has 5 amide bonds. The van der Waals surface area contributed by atoms with Gasteiger partial charge in [-0.15, -0.1) is 0 Å². The van der Waals surface area contributed by atoms with E-state index in [1.165, 1.54) is 29.2 Å². The van der Waals surface area contributed by atoms with Crippen LogP contribution < -0.4 is 10.6 Å². The number of nitrogens with zero attached hydrogens (tertiary/aromatic N) is 2. The Bertz CT molecular complexity index is 752. The zero-order chi connectivity index (χ0) is 19.4. The van der Waals surface area contributed by atoms with Crippen LogP contribution in [0, 0.1) is 11.7 Å². The Morgan fingerprint density at radius 2 is 1.96 bits per heavy atom. The molecule has 2 saturated heterocycles. The summed E-state index contributed by atoms with van der Waals surface area (Å²) in [6.45, 7) is 1.24. The minimum Gasteiger partial charge on any atom is -0.352 e. The Morgan fingerprint density at radius 3 is 2.63 bits per heavy atom. The van der Waals surface area contributed by atoms with E-state index in [9.17, 15) is 23.6 Å². The molecule has 144 valence electrons. The summed E-state index contributed by atoms with van der Waals surface area (Å²) in [5.74, 6) is -1.21. The van der Waals surface area contributed by atoms with E-state index in [1.54, 1.807) is 4.90 Å². The monoisotopic (exact) mass is 376 g/mol. The maximum atomic E-state index is 12.9. The van der Waals surface area contributed by atoms with Crippen LogP contribution in [0.15, 0.2) is 24.3 Å². The maximum Gasteiger partial charge on any atom is 0.325 e. The summed E-state index contributed by atoms with van der Waals surface area (Å²) in [6.07, 6.45) is 1.67. The molecule has 0 saturated carbocycles. The van der Waals surface area contributed by atoms with Gasteiger partial charge in [-0.05, 0) is 43.0 Å². The number of benzene rings is 1. The second-order valence-electron chi connectivity index (χ2n) is 6.77. The van der Waals surface area contributed by atoms with Gasteiger partial charge in [-0.2, -0.15) is 0 Å². The number of hydrogen-bond acceptors (Lipinski definition) is 4. The number of rotatable bonds is 5. The third-order valence-corrected chi connectivity index (χ3v) is 4.72. The molecule has 27 heavy (non-hydrogen) atoms. The first-order valence-corrected chi connectivity index (χ1v) is 8.82. The van der Waals surface area contributed by atoms with Gasteiger partial charge < -0.3 is 15.1 Å². The summed E-state index contributed by atoms with van der Waals surface area (Å²) in [5.41, 5.74) is 0.379. The Hall–Kier alpha value is -2.97. The molecule has 3 rings (SSSR count). The standard InChI is InChI=1S/C18H21FN4O4/c19-14-5-3-13(4-6-14)17(26)20-8-12-2-1-7-22(9-12)16(25)11-23-10-15(24)21-18(23)27/h3-6,12H,1-2,7-11H2,(H,20,26)(H,21,24,27)/t12-/m0/s1. The Kier molecular flexibility index (Phi) is 5.68. The summed E-state index contributed by atoms with van der Waals surface area (Å²) in [6, 6.07) is 4.76. The number of imide groups is 1. The normalized spacial score (nSPS) is 19.8. The Labute approximate surface area is 155 Å². The largest absolute Gasteiger partial charge is 0.352 e. The van der Waals surface area contributed by atoms with Gasteiger partial charge in [0.15, 0.2) is 0 Å². The average molecular weight is 376 g/mol. The third-order valence-electron chi connectivity index (χ3n) is 4.72.